The van der Waals surface area contributed by atoms with Gasteiger partial charge in [-0.25, -0.2) is 14.5 Å². The van der Waals surface area contributed by atoms with E-state index in [2.05, 4.69) is 15.4 Å². The minimum absolute atomic E-state index is 0.171. The van der Waals surface area contributed by atoms with Crippen molar-refractivity contribution in [1.29, 1.82) is 0 Å². The second-order valence-electron chi connectivity index (χ2n) is 6.56. The van der Waals surface area contributed by atoms with Crippen LogP contribution in [0.3, 0.4) is 0 Å². The largest absolute Gasteiger partial charge is 0.467 e. The predicted octanol–water partition coefficient (Wildman–Crippen LogP) is 2.53. The number of methoxy groups -OCH3 is 1. The number of ether oxygens (including phenoxy) is 1. The number of aromatic nitrogens is 3. The molecule has 0 radical (unpaired) electrons. The molecule has 27 heavy (non-hydrogen) atoms. The molecular formula is C20H22N4O3. The summed E-state index contributed by atoms with van der Waals surface area (Å²) in [7, 11) is 1.31. The van der Waals surface area contributed by atoms with Gasteiger partial charge in [-0.2, -0.15) is 5.10 Å². The highest BCUT2D eigenvalue weighted by Gasteiger charge is 2.23. The lowest BCUT2D eigenvalue weighted by molar-refractivity contribution is -0.142. The van der Waals surface area contributed by atoms with E-state index in [0.717, 1.165) is 16.6 Å². The van der Waals surface area contributed by atoms with Gasteiger partial charge in [0.2, 0.25) is 0 Å². The number of hydrogen-bond donors (Lipinski definition) is 1. The minimum Gasteiger partial charge on any atom is -0.467 e. The second-order valence-corrected chi connectivity index (χ2v) is 6.56. The maximum absolute atomic E-state index is 12.7. The summed E-state index contributed by atoms with van der Waals surface area (Å²) in [5.74, 6) is -0.873. The van der Waals surface area contributed by atoms with Crippen molar-refractivity contribution in [2.24, 2.45) is 0 Å². The van der Waals surface area contributed by atoms with Crippen LogP contribution in [0, 0.1) is 0 Å². The first-order valence-electron chi connectivity index (χ1n) is 8.75. The third-order valence-electron chi connectivity index (χ3n) is 4.26. The highest BCUT2D eigenvalue weighted by atomic mass is 16.5. The Morgan fingerprint density at radius 1 is 1.19 bits per heavy atom. The van der Waals surface area contributed by atoms with Gasteiger partial charge >= 0.3 is 5.97 Å². The molecule has 140 valence electrons. The molecule has 7 heteroatoms. The van der Waals surface area contributed by atoms with E-state index >= 15 is 0 Å². The average molecular weight is 366 g/mol. The van der Waals surface area contributed by atoms with Gasteiger partial charge in [0.25, 0.3) is 5.91 Å². The van der Waals surface area contributed by atoms with Crippen LogP contribution in [0.15, 0.2) is 48.8 Å². The van der Waals surface area contributed by atoms with Crippen LogP contribution in [0.4, 0.5) is 0 Å². The minimum atomic E-state index is -0.779. The molecule has 1 amide bonds. The molecule has 0 aliphatic carbocycles. The Bertz CT molecular complexity index is 950. The van der Waals surface area contributed by atoms with E-state index in [4.69, 9.17) is 4.74 Å². The molecule has 0 saturated heterocycles. The van der Waals surface area contributed by atoms with Crippen LogP contribution in [0.25, 0.3) is 11.0 Å². The zero-order valence-corrected chi connectivity index (χ0v) is 15.5. The van der Waals surface area contributed by atoms with Crippen molar-refractivity contribution < 1.29 is 14.3 Å². The molecule has 0 unspecified atom stereocenters. The molecule has 2 aromatic heterocycles. The van der Waals surface area contributed by atoms with Crippen molar-refractivity contribution >= 4 is 22.9 Å². The lowest BCUT2D eigenvalue weighted by Gasteiger charge is -2.16. The number of rotatable bonds is 6. The summed E-state index contributed by atoms with van der Waals surface area (Å²) >= 11 is 0. The van der Waals surface area contributed by atoms with Gasteiger partial charge in [0, 0.05) is 24.0 Å². The van der Waals surface area contributed by atoms with Gasteiger partial charge in [0.1, 0.15) is 6.04 Å². The summed E-state index contributed by atoms with van der Waals surface area (Å²) in [5, 5.41) is 7.82. The third kappa shape index (κ3) is 4.13. The Labute approximate surface area is 157 Å². The van der Waals surface area contributed by atoms with Crippen molar-refractivity contribution in [1.82, 2.24) is 20.1 Å². The number of carbonyl (C=O) groups excluding carboxylic acids is 2. The van der Waals surface area contributed by atoms with Gasteiger partial charge in [0.15, 0.2) is 5.65 Å². The fourth-order valence-electron chi connectivity index (χ4n) is 2.87. The summed E-state index contributed by atoms with van der Waals surface area (Å²) in [6.07, 6.45) is 3.52. The van der Waals surface area contributed by atoms with E-state index in [-0.39, 0.29) is 11.9 Å². The van der Waals surface area contributed by atoms with Crippen molar-refractivity contribution in [3.8, 4) is 0 Å². The Balaban J connectivity index is 1.80. The van der Waals surface area contributed by atoms with E-state index in [1.54, 1.807) is 16.9 Å². The van der Waals surface area contributed by atoms with E-state index in [1.165, 1.54) is 13.3 Å². The first-order chi connectivity index (χ1) is 13.0. The SMILES string of the molecule is COC(=O)[C@H](Cc1ccccc1)NC(=O)c1cnc2c(cnn2C(C)C)c1. The first kappa shape index (κ1) is 18.6. The molecule has 0 spiro atoms. The van der Waals surface area contributed by atoms with Crippen molar-refractivity contribution in [2.45, 2.75) is 32.4 Å². The third-order valence-corrected chi connectivity index (χ3v) is 4.26. The summed E-state index contributed by atoms with van der Waals surface area (Å²) < 4.78 is 6.63. The van der Waals surface area contributed by atoms with E-state index in [9.17, 15) is 9.59 Å². The monoisotopic (exact) mass is 366 g/mol. The fraction of sp³-hybridized carbons (Fsp3) is 0.300. The van der Waals surface area contributed by atoms with Gasteiger partial charge in [-0.15, -0.1) is 0 Å². The smallest absolute Gasteiger partial charge is 0.328 e. The molecule has 2 heterocycles. The highest BCUT2D eigenvalue weighted by Crippen LogP contribution is 2.17. The van der Waals surface area contributed by atoms with Gasteiger partial charge < -0.3 is 10.1 Å². The van der Waals surface area contributed by atoms with Gasteiger partial charge in [-0.05, 0) is 25.5 Å². The number of carbonyl (C=O) groups is 2. The molecular weight excluding hydrogens is 344 g/mol. The lowest BCUT2D eigenvalue weighted by atomic mass is 10.1. The highest BCUT2D eigenvalue weighted by molar-refractivity contribution is 5.98. The number of hydrogen-bond acceptors (Lipinski definition) is 5. The fourth-order valence-corrected chi connectivity index (χ4v) is 2.87. The number of pyridine rings is 1. The van der Waals surface area contributed by atoms with Crippen LogP contribution >= 0.6 is 0 Å². The molecule has 1 aromatic carbocycles. The van der Waals surface area contributed by atoms with Crippen LogP contribution < -0.4 is 5.32 Å². The topological polar surface area (TPSA) is 86.1 Å². The second kappa shape index (κ2) is 7.99. The summed E-state index contributed by atoms with van der Waals surface area (Å²) in [4.78, 5) is 29.1. The van der Waals surface area contributed by atoms with Crippen LogP contribution in [-0.4, -0.2) is 39.8 Å². The van der Waals surface area contributed by atoms with Crippen LogP contribution in [0.1, 0.15) is 35.8 Å². The molecule has 0 aliphatic heterocycles. The Morgan fingerprint density at radius 2 is 1.93 bits per heavy atom. The summed E-state index contributed by atoms with van der Waals surface area (Å²) in [6, 6.07) is 10.6. The maximum atomic E-state index is 12.7. The molecule has 3 aromatic rings. The zero-order valence-electron chi connectivity index (χ0n) is 15.5. The van der Waals surface area contributed by atoms with Gasteiger partial charge in [-0.3, -0.25) is 4.79 Å². The molecule has 0 fully saturated rings. The number of amides is 1. The number of benzene rings is 1. The first-order valence-corrected chi connectivity index (χ1v) is 8.75. The molecule has 3 rings (SSSR count). The molecule has 0 saturated carbocycles. The van der Waals surface area contributed by atoms with Crippen LogP contribution in [0.2, 0.25) is 0 Å². The number of nitrogens with zero attached hydrogens (tertiary/aromatic N) is 3. The average Bonchev–Trinajstić information content (AvgIpc) is 3.11. The quantitative estimate of drug-likeness (QED) is 0.678. The van der Waals surface area contributed by atoms with E-state index in [1.807, 2.05) is 44.2 Å². The molecule has 1 N–H and O–H groups in total. The van der Waals surface area contributed by atoms with E-state index in [0.29, 0.717) is 12.0 Å². The Hall–Kier alpha value is -3.22. The van der Waals surface area contributed by atoms with E-state index < -0.39 is 12.0 Å². The summed E-state index contributed by atoms with van der Waals surface area (Å²) in [5.41, 5.74) is 2.02. The van der Waals surface area contributed by atoms with Gasteiger partial charge in [0.05, 0.1) is 18.9 Å². The molecule has 7 nitrogen and oxygen atoms in total. The zero-order chi connectivity index (χ0) is 19.4. The van der Waals surface area contributed by atoms with Crippen molar-refractivity contribution in [2.75, 3.05) is 7.11 Å². The van der Waals surface area contributed by atoms with Crippen LogP contribution in [-0.2, 0) is 16.0 Å². The molecule has 0 aliphatic rings. The summed E-state index contributed by atoms with van der Waals surface area (Å²) in [6.45, 7) is 4.03. The Kier molecular flexibility index (Phi) is 5.49. The number of nitrogens with one attached hydrogen (secondary N) is 1. The Morgan fingerprint density at radius 3 is 2.59 bits per heavy atom. The standard InChI is InChI=1S/C20H22N4O3/c1-13(2)24-18-15(12-22-24)10-16(11-21-18)19(25)23-17(20(26)27-3)9-14-7-5-4-6-8-14/h4-8,10-13,17H,9H2,1-3H3,(H,23,25)/t17-/m0/s1. The maximum Gasteiger partial charge on any atom is 0.328 e. The van der Waals surface area contributed by atoms with Gasteiger partial charge in [-0.1, -0.05) is 30.3 Å². The van der Waals surface area contributed by atoms with Crippen LogP contribution in [0.5, 0.6) is 0 Å². The predicted molar refractivity (Wildman–Crippen MR) is 101 cm³/mol. The molecule has 0 bridgehead atoms. The lowest BCUT2D eigenvalue weighted by Crippen LogP contribution is -2.43. The molecule has 1 atom stereocenters. The van der Waals surface area contributed by atoms with Crippen molar-refractivity contribution in [3.05, 3.63) is 59.9 Å². The normalized spacial score (nSPS) is 12.1. The number of esters is 1. The van der Waals surface area contributed by atoms with Crippen molar-refractivity contribution in [3.63, 3.8) is 0 Å². The number of fused-ring (bicyclic) bond motifs is 1.